The lowest BCUT2D eigenvalue weighted by molar-refractivity contribution is -0.127. The summed E-state index contributed by atoms with van der Waals surface area (Å²) in [6.45, 7) is 3.84. The molecule has 9 heteroatoms. The van der Waals surface area contributed by atoms with Crippen molar-refractivity contribution in [1.29, 1.82) is 0 Å². The maximum Gasteiger partial charge on any atom is 0.251 e. The summed E-state index contributed by atoms with van der Waals surface area (Å²) in [6.07, 6.45) is 1.74. The smallest absolute Gasteiger partial charge is 0.251 e. The molecule has 8 nitrogen and oxygen atoms in total. The monoisotopic (exact) mass is 469 g/mol. The Morgan fingerprint density at radius 2 is 1.73 bits per heavy atom. The summed E-state index contributed by atoms with van der Waals surface area (Å²) < 4.78 is 32.9. The van der Waals surface area contributed by atoms with Gasteiger partial charge in [-0.1, -0.05) is 50.2 Å². The maximum atomic E-state index is 13.1. The molecule has 1 aromatic heterocycles. The van der Waals surface area contributed by atoms with Gasteiger partial charge in [-0.25, -0.2) is 13.1 Å². The minimum atomic E-state index is -3.83. The Morgan fingerprint density at radius 1 is 0.970 bits per heavy atom. The first-order valence-corrected chi connectivity index (χ1v) is 12.0. The van der Waals surface area contributed by atoms with E-state index in [1.54, 1.807) is 42.5 Å². The van der Waals surface area contributed by atoms with Crippen LogP contribution in [-0.2, 0) is 26.2 Å². The van der Waals surface area contributed by atoms with Crippen molar-refractivity contribution in [3.8, 4) is 0 Å². The average molecular weight is 470 g/mol. The van der Waals surface area contributed by atoms with Gasteiger partial charge < -0.3 is 15.1 Å². The van der Waals surface area contributed by atoms with E-state index in [1.165, 1.54) is 24.5 Å². The summed E-state index contributed by atoms with van der Waals surface area (Å²) in [6, 6.07) is 17.2. The minimum absolute atomic E-state index is 0.00385. The van der Waals surface area contributed by atoms with Crippen LogP contribution in [0.5, 0.6) is 0 Å². The van der Waals surface area contributed by atoms with E-state index in [1.807, 2.05) is 19.9 Å². The highest BCUT2D eigenvalue weighted by Gasteiger charge is 2.24. The molecular weight excluding hydrogens is 442 g/mol. The van der Waals surface area contributed by atoms with Crippen molar-refractivity contribution in [3.05, 3.63) is 84.3 Å². The lowest BCUT2D eigenvalue weighted by Crippen LogP contribution is -2.37. The molecule has 0 aliphatic carbocycles. The molecule has 0 aliphatic heterocycles. The van der Waals surface area contributed by atoms with Crippen molar-refractivity contribution in [2.75, 3.05) is 5.32 Å². The fourth-order valence-corrected chi connectivity index (χ4v) is 4.19. The third kappa shape index (κ3) is 7.03. The van der Waals surface area contributed by atoms with Gasteiger partial charge in [0.2, 0.25) is 15.9 Å². The van der Waals surface area contributed by atoms with E-state index in [2.05, 4.69) is 15.4 Å². The van der Waals surface area contributed by atoms with E-state index in [9.17, 15) is 18.0 Å². The number of nitrogens with one attached hydrogen (secondary N) is 3. The number of benzene rings is 2. The molecule has 174 valence electrons. The molecule has 0 saturated heterocycles. The number of furan rings is 1. The number of rotatable bonds is 10. The Bertz CT molecular complexity index is 1180. The van der Waals surface area contributed by atoms with Crippen LogP contribution in [0, 0.1) is 5.92 Å². The summed E-state index contributed by atoms with van der Waals surface area (Å²) in [5, 5.41) is 5.49. The van der Waals surface area contributed by atoms with E-state index in [4.69, 9.17) is 4.42 Å². The second-order valence-corrected chi connectivity index (χ2v) is 9.70. The molecule has 0 saturated carbocycles. The van der Waals surface area contributed by atoms with E-state index >= 15 is 0 Å². The first-order chi connectivity index (χ1) is 15.7. The lowest BCUT2D eigenvalue weighted by Gasteiger charge is -2.20. The van der Waals surface area contributed by atoms with Gasteiger partial charge in [0.15, 0.2) is 0 Å². The number of hydrogen-bond acceptors (Lipinski definition) is 5. The van der Waals surface area contributed by atoms with E-state index < -0.39 is 22.0 Å². The first kappa shape index (κ1) is 24.2. The molecule has 3 rings (SSSR count). The zero-order valence-electron chi connectivity index (χ0n) is 18.4. The lowest BCUT2D eigenvalue weighted by atomic mass is 10.0. The molecule has 0 fully saturated rings. The van der Waals surface area contributed by atoms with Gasteiger partial charge >= 0.3 is 0 Å². The average Bonchev–Trinajstić information content (AvgIpc) is 3.30. The largest absolute Gasteiger partial charge is 0.468 e. The van der Waals surface area contributed by atoms with Crippen molar-refractivity contribution >= 4 is 27.5 Å². The van der Waals surface area contributed by atoms with Gasteiger partial charge in [-0.3, -0.25) is 9.59 Å². The van der Waals surface area contributed by atoms with Crippen LogP contribution in [0.15, 0.2) is 82.3 Å². The standard InChI is InChI=1S/C24H27N3O5S/c1-17(2)14-22(28)27-23(18-8-4-3-5-9-18)24(29)26-19-10-6-12-21(15-19)33(30,31)25-16-20-11-7-13-32-20/h3-13,15,17,23,25H,14,16H2,1-2H3,(H,26,29)(H,27,28). The zero-order chi connectivity index (χ0) is 23.8. The van der Waals surface area contributed by atoms with Gasteiger partial charge in [-0.2, -0.15) is 0 Å². The van der Waals surface area contributed by atoms with E-state index in [-0.39, 0.29) is 29.7 Å². The van der Waals surface area contributed by atoms with E-state index in [0.717, 1.165) is 0 Å². The maximum absolute atomic E-state index is 13.1. The van der Waals surface area contributed by atoms with Gasteiger partial charge in [0.1, 0.15) is 11.8 Å². The second kappa shape index (κ2) is 10.9. The summed E-state index contributed by atoms with van der Waals surface area (Å²) in [7, 11) is -3.83. The molecule has 0 spiro atoms. The summed E-state index contributed by atoms with van der Waals surface area (Å²) in [5.41, 5.74) is 0.913. The number of hydrogen-bond donors (Lipinski definition) is 3. The molecule has 2 aromatic carbocycles. The molecule has 3 N–H and O–H groups in total. The molecule has 0 bridgehead atoms. The van der Waals surface area contributed by atoms with Crippen LogP contribution in [0.4, 0.5) is 5.69 Å². The summed E-state index contributed by atoms with van der Waals surface area (Å²) in [4.78, 5) is 25.4. The van der Waals surface area contributed by atoms with Crippen molar-refractivity contribution in [3.63, 3.8) is 0 Å². The molecular formula is C24H27N3O5S. The molecule has 1 unspecified atom stereocenters. The molecule has 1 heterocycles. The minimum Gasteiger partial charge on any atom is -0.468 e. The third-order valence-electron chi connectivity index (χ3n) is 4.72. The molecule has 1 atom stereocenters. The van der Waals surface area contributed by atoms with Crippen LogP contribution in [0.2, 0.25) is 0 Å². The molecule has 0 radical (unpaired) electrons. The normalized spacial score (nSPS) is 12.3. The van der Waals surface area contributed by atoms with Crippen LogP contribution in [-0.4, -0.2) is 20.2 Å². The Morgan fingerprint density at radius 3 is 2.39 bits per heavy atom. The van der Waals surface area contributed by atoms with Gasteiger partial charge in [0, 0.05) is 12.1 Å². The van der Waals surface area contributed by atoms with Gasteiger partial charge in [-0.15, -0.1) is 0 Å². The number of carbonyl (C=O) groups is 2. The Hall–Kier alpha value is -3.43. The number of sulfonamides is 1. The molecule has 3 aromatic rings. The quantitative estimate of drug-likeness (QED) is 0.419. The second-order valence-electron chi connectivity index (χ2n) is 7.93. The van der Waals surface area contributed by atoms with Crippen LogP contribution < -0.4 is 15.4 Å². The highest BCUT2D eigenvalue weighted by atomic mass is 32.2. The zero-order valence-corrected chi connectivity index (χ0v) is 19.3. The molecule has 33 heavy (non-hydrogen) atoms. The van der Waals surface area contributed by atoms with Crippen LogP contribution in [0.3, 0.4) is 0 Å². The third-order valence-corrected chi connectivity index (χ3v) is 6.12. The van der Waals surface area contributed by atoms with Crippen molar-refractivity contribution in [1.82, 2.24) is 10.0 Å². The number of carbonyl (C=O) groups excluding carboxylic acids is 2. The highest BCUT2D eigenvalue weighted by molar-refractivity contribution is 7.89. The van der Waals surface area contributed by atoms with Crippen molar-refractivity contribution < 1.29 is 22.4 Å². The van der Waals surface area contributed by atoms with Crippen LogP contribution >= 0.6 is 0 Å². The van der Waals surface area contributed by atoms with Crippen molar-refractivity contribution in [2.24, 2.45) is 5.92 Å². The van der Waals surface area contributed by atoms with Crippen LogP contribution in [0.25, 0.3) is 0 Å². The molecule has 0 aliphatic rings. The SMILES string of the molecule is CC(C)CC(=O)NC(C(=O)Nc1cccc(S(=O)(=O)NCc2ccco2)c1)c1ccccc1. The van der Waals surface area contributed by atoms with Gasteiger partial charge in [0.05, 0.1) is 17.7 Å². The predicted molar refractivity (Wildman–Crippen MR) is 125 cm³/mol. The molecule has 2 amide bonds. The first-order valence-electron chi connectivity index (χ1n) is 10.5. The van der Waals surface area contributed by atoms with Crippen molar-refractivity contribution in [2.45, 2.75) is 37.8 Å². The van der Waals surface area contributed by atoms with Gasteiger partial charge in [0.25, 0.3) is 5.91 Å². The Labute approximate surface area is 193 Å². The fraction of sp³-hybridized carbons (Fsp3) is 0.250. The van der Waals surface area contributed by atoms with E-state index in [0.29, 0.717) is 17.0 Å². The topological polar surface area (TPSA) is 118 Å². The van der Waals surface area contributed by atoms with Crippen LogP contribution in [0.1, 0.15) is 37.6 Å². The summed E-state index contributed by atoms with van der Waals surface area (Å²) in [5.74, 6) is -0.102. The number of anilines is 1. The predicted octanol–water partition coefficient (Wildman–Crippen LogP) is 3.60. The number of amides is 2. The highest BCUT2D eigenvalue weighted by Crippen LogP contribution is 2.20. The summed E-state index contributed by atoms with van der Waals surface area (Å²) >= 11 is 0. The fourth-order valence-electron chi connectivity index (χ4n) is 3.15. The Kier molecular flexibility index (Phi) is 8.02. The Balaban J connectivity index is 1.76. The van der Waals surface area contributed by atoms with Gasteiger partial charge in [-0.05, 0) is 41.8 Å².